The molecule has 0 aromatic heterocycles. The smallest absolute Gasteiger partial charge is 0.344 e. The number of hydrogen-bond donors (Lipinski definition) is 0. The van der Waals surface area contributed by atoms with Crippen molar-refractivity contribution in [2.75, 3.05) is 6.61 Å². The van der Waals surface area contributed by atoms with E-state index in [1.54, 1.807) is 0 Å². The number of carbonyl (C=O) groups excluding carboxylic acids is 1. The van der Waals surface area contributed by atoms with Crippen molar-refractivity contribution in [1.29, 1.82) is 0 Å². The van der Waals surface area contributed by atoms with Gasteiger partial charge in [-0.2, -0.15) is 0 Å². The molecule has 0 N–H and O–H groups in total. The Morgan fingerprint density at radius 2 is 1.77 bits per heavy atom. The average Bonchev–Trinajstić information content (AvgIpc) is 2.77. The highest BCUT2D eigenvalue weighted by atomic mass is 19.1. The Morgan fingerprint density at radius 1 is 1.00 bits per heavy atom. The highest BCUT2D eigenvalue weighted by Gasteiger charge is 2.25. The van der Waals surface area contributed by atoms with Gasteiger partial charge in [0.1, 0.15) is 29.7 Å². The van der Waals surface area contributed by atoms with E-state index in [1.165, 1.54) is 36.4 Å². The number of carbonyl (C=O) groups is 1. The molecule has 1 aliphatic rings. The summed E-state index contributed by atoms with van der Waals surface area (Å²) < 4.78 is 49.0. The summed E-state index contributed by atoms with van der Waals surface area (Å²) in [5, 5.41) is 0. The molecule has 5 nitrogen and oxygen atoms in total. The molecule has 0 unspecified atom stereocenters. The van der Waals surface area contributed by atoms with Crippen molar-refractivity contribution in [3.8, 4) is 11.5 Å². The standard InChI is InChI=1S/C23H18F2O5/c24-18-6-8-20(9-7-18)27-14-21(26)28-12-16-10-19(25)11-17-13-29-23(30-22(16)17)15-4-2-1-3-5-15/h1-11,23H,12-14H2/t23-/m1/s1. The predicted molar refractivity (Wildman–Crippen MR) is 103 cm³/mol. The van der Waals surface area contributed by atoms with Gasteiger partial charge >= 0.3 is 5.97 Å². The van der Waals surface area contributed by atoms with Crippen LogP contribution in [0.1, 0.15) is 23.0 Å². The van der Waals surface area contributed by atoms with Gasteiger partial charge in [-0.1, -0.05) is 30.3 Å². The fourth-order valence-electron chi connectivity index (χ4n) is 3.03. The van der Waals surface area contributed by atoms with E-state index in [2.05, 4.69) is 0 Å². The summed E-state index contributed by atoms with van der Waals surface area (Å²) in [4.78, 5) is 12.0. The summed E-state index contributed by atoms with van der Waals surface area (Å²) in [6, 6.07) is 17.2. The molecule has 3 aromatic rings. The second kappa shape index (κ2) is 8.92. The molecule has 0 radical (unpaired) electrons. The fourth-order valence-corrected chi connectivity index (χ4v) is 3.03. The molecular weight excluding hydrogens is 394 g/mol. The largest absolute Gasteiger partial charge is 0.482 e. The summed E-state index contributed by atoms with van der Waals surface area (Å²) in [7, 11) is 0. The van der Waals surface area contributed by atoms with E-state index in [1.807, 2.05) is 30.3 Å². The zero-order valence-electron chi connectivity index (χ0n) is 15.8. The van der Waals surface area contributed by atoms with E-state index < -0.39 is 23.9 Å². The molecule has 4 rings (SSSR count). The molecule has 0 spiro atoms. The van der Waals surface area contributed by atoms with Crippen LogP contribution in [0.5, 0.6) is 11.5 Å². The molecule has 0 aliphatic carbocycles. The van der Waals surface area contributed by atoms with Gasteiger partial charge in [-0.05, 0) is 36.4 Å². The summed E-state index contributed by atoms with van der Waals surface area (Å²) >= 11 is 0. The molecule has 0 saturated heterocycles. The van der Waals surface area contributed by atoms with E-state index in [4.69, 9.17) is 18.9 Å². The summed E-state index contributed by atoms with van der Waals surface area (Å²) in [5.74, 6) is -0.762. The topological polar surface area (TPSA) is 54.0 Å². The van der Waals surface area contributed by atoms with Gasteiger partial charge in [-0.15, -0.1) is 0 Å². The Labute approximate surface area is 171 Å². The summed E-state index contributed by atoms with van der Waals surface area (Å²) in [5.41, 5.74) is 1.75. The molecule has 0 amide bonds. The molecule has 0 saturated carbocycles. The van der Waals surface area contributed by atoms with Gasteiger partial charge in [0.15, 0.2) is 6.61 Å². The third-order valence-corrected chi connectivity index (χ3v) is 4.45. The van der Waals surface area contributed by atoms with Gasteiger partial charge in [0.05, 0.1) is 6.61 Å². The molecule has 30 heavy (non-hydrogen) atoms. The van der Waals surface area contributed by atoms with E-state index in [9.17, 15) is 13.6 Å². The first kappa shape index (κ1) is 19.8. The quantitative estimate of drug-likeness (QED) is 0.550. The minimum atomic E-state index is -0.649. The molecule has 1 atom stereocenters. The first-order valence-corrected chi connectivity index (χ1v) is 9.27. The van der Waals surface area contributed by atoms with Crippen LogP contribution in [0.25, 0.3) is 0 Å². The van der Waals surface area contributed by atoms with Crippen molar-refractivity contribution in [1.82, 2.24) is 0 Å². The van der Waals surface area contributed by atoms with Crippen molar-refractivity contribution in [2.24, 2.45) is 0 Å². The van der Waals surface area contributed by atoms with Gasteiger partial charge in [-0.25, -0.2) is 13.6 Å². The number of ether oxygens (including phenoxy) is 4. The molecule has 0 bridgehead atoms. The number of halogens is 2. The van der Waals surface area contributed by atoms with E-state index in [0.29, 0.717) is 22.6 Å². The molecule has 154 valence electrons. The molecule has 1 heterocycles. The molecular formula is C23H18F2O5. The summed E-state index contributed by atoms with van der Waals surface area (Å²) in [6.07, 6.45) is -0.638. The lowest BCUT2D eigenvalue weighted by Crippen LogP contribution is -2.20. The third kappa shape index (κ3) is 4.75. The van der Waals surface area contributed by atoms with Crippen molar-refractivity contribution in [3.63, 3.8) is 0 Å². The first-order valence-electron chi connectivity index (χ1n) is 9.27. The van der Waals surface area contributed by atoms with Gasteiger partial charge in [0.2, 0.25) is 6.29 Å². The number of fused-ring (bicyclic) bond motifs is 1. The van der Waals surface area contributed by atoms with Crippen LogP contribution in [-0.2, 0) is 27.5 Å². The zero-order valence-corrected chi connectivity index (χ0v) is 15.8. The minimum Gasteiger partial charge on any atom is -0.482 e. The third-order valence-electron chi connectivity index (χ3n) is 4.45. The van der Waals surface area contributed by atoms with Gasteiger partial charge < -0.3 is 18.9 Å². The minimum absolute atomic E-state index is 0.168. The van der Waals surface area contributed by atoms with Gasteiger partial charge in [-0.3, -0.25) is 0 Å². The number of benzene rings is 3. The van der Waals surface area contributed by atoms with Crippen LogP contribution in [0.2, 0.25) is 0 Å². The van der Waals surface area contributed by atoms with E-state index in [-0.39, 0.29) is 19.8 Å². The highest BCUT2D eigenvalue weighted by molar-refractivity contribution is 5.71. The number of rotatable bonds is 6. The Balaban J connectivity index is 1.41. The lowest BCUT2D eigenvalue weighted by molar-refractivity contribution is -0.147. The van der Waals surface area contributed by atoms with E-state index in [0.717, 1.165) is 5.56 Å². The van der Waals surface area contributed by atoms with Crippen molar-refractivity contribution in [2.45, 2.75) is 19.5 Å². The maximum absolute atomic E-state index is 14.0. The first-order chi connectivity index (χ1) is 14.6. The van der Waals surface area contributed by atoms with Crippen molar-refractivity contribution in [3.05, 3.63) is 95.1 Å². The summed E-state index contributed by atoms with van der Waals surface area (Å²) in [6.45, 7) is -0.381. The van der Waals surface area contributed by atoms with Gasteiger partial charge in [0.25, 0.3) is 0 Å². The van der Waals surface area contributed by atoms with Crippen LogP contribution in [0, 0.1) is 11.6 Å². The maximum atomic E-state index is 14.0. The van der Waals surface area contributed by atoms with Crippen LogP contribution in [0.4, 0.5) is 8.78 Å². The predicted octanol–water partition coefficient (Wildman–Crippen LogP) is 4.69. The van der Waals surface area contributed by atoms with Crippen LogP contribution >= 0.6 is 0 Å². The lowest BCUT2D eigenvalue weighted by atomic mass is 10.1. The second-order valence-electron chi connectivity index (χ2n) is 6.63. The van der Waals surface area contributed by atoms with E-state index >= 15 is 0 Å². The molecule has 0 fully saturated rings. The van der Waals surface area contributed by atoms with Crippen LogP contribution < -0.4 is 9.47 Å². The van der Waals surface area contributed by atoms with Crippen LogP contribution in [-0.4, -0.2) is 12.6 Å². The zero-order chi connectivity index (χ0) is 20.9. The molecule has 7 heteroatoms. The SMILES string of the molecule is O=C(COc1ccc(F)cc1)OCc1cc(F)cc2c1O[C@H](c1ccccc1)OC2. The average molecular weight is 412 g/mol. The van der Waals surface area contributed by atoms with Crippen LogP contribution in [0.3, 0.4) is 0 Å². The fraction of sp³-hybridized carbons (Fsp3) is 0.174. The number of hydrogen-bond acceptors (Lipinski definition) is 5. The number of esters is 1. The lowest BCUT2D eigenvalue weighted by Gasteiger charge is -2.28. The molecule has 1 aliphatic heterocycles. The Morgan fingerprint density at radius 3 is 2.53 bits per heavy atom. The Bertz CT molecular complexity index is 1020. The Hall–Kier alpha value is -3.45. The second-order valence-corrected chi connectivity index (χ2v) is 6.63. The Kier molecular flexibility index (Phi) is 5.90. The van der Waals surface area contributed by atoms with Crippen molar-refractivity contribution < 1.29 is 32.5 Å². The highest BCUT2D eigenvalue weighted by Crippen LogP contribution is 2.36. The normalized spacial score (nSPS) is 15.1. The maximum Gasteiger partial charge on any atom is 0.344 e. The van der Waals surface area contributed by atoms with Crippen LogP contribution in [0.15, 0.2) is 66.7 Å². The van der Waals surface area contributed by atoms with Crippen molar-refractivity contribution >= 4 is 5.97 Å². The monoisotopic (exact) mass is 412 g/mol. The molecule has 3 aromatic carbocycles. The van der Waals surface area contributed by atoms with Gasteiger partial charge in [0, 0.05) is 16.7 Å².